The molecule has 0 aliphatic carbocycles. The molecule has 1 aromatic heterocycles. The molecule has 0 amide bonds. The quantitative estimate of drug-likeness (QED) is 0.928. The van der Waals surface area contributed by atoms with Crippen LogP contribution in [-0.2, 0) is 6.54 Å². The monoisotopic (exact) mass is 314 g/mol. The highest BCUT2D eigenvalue weighted by atomic mass is 79.9. The third-order valence-electron chi connectivity index (χ3n) is 2.26. The van der Waals surface area contributed by atoms with Gasteiger partial charge in [0.15, 0.2) is 0 Å². The van der Waals surface area contributed by atoms with E-state index in [0.29, 0.717) is 5.56 Å². The Morgan fingerprint density at radius 1 is 1.47 bits per heavy atom. The molecular weight excluding hydrogens is 303 g/mol. The minimum absolute atomic E-state index is 0.238. The van der Waals surface area contributed by atoms with Crippen LogP contribution in [0, 0.1) is 5.82 Å². The average Bonchev–Trinajstić information content (AvgIpc) is 2.78. The number of hydrogen-bond acceptors (Lipinski definition) is 3. The average molecular weight is 315 g/mol. The van der Waals surface area contributed by atoms with Crippen molar-refractivity contribution in [2.24, 2.45) is 0 Å². The first kappa shape index (κ1) is 12.7. The normalized spacial score (nSPS) is 10.8. The summed E-state index contributed by atoms with van der Waals surface area (Å²) < 4.78 is 14.5. The Bertz CT molecular complexity index is 513. The molecule has 0 atom stereocenters. The van der Waals surface area contributed by atoms with Gasteiger partial charge in [0.2, 0.25) is 0 Å². The van der Waals surface area contributed by atoms with Gasteiger partial charge in [-0.25, -0.2) is 9.37 Å². The number of benzene rings is 1. The fraction of sp³-hybridized carbons (Fsp3) is 0.250. The zero-order valence-corrected chi connectivity index (χ0v) is 11.7. The summed E-state index contributed by atoms with van der Waals surface area (Å²) in [6, 6.07) is 4.89. The van der Waals surface area contributed by atoms with Crippen LogP contribution in [-0.4, -0.2) is 11.5 Å². The van der Waals surface area contributed by atoms with Crippen molar-refractivity contribution < 1.29 is 4.39 Å². The first-order chi connectivity index (χ1) is 8.20. The molecule has 0 aliphatic heterocycles. The van der Waals surface area contributed by atoms with E-state index >= 15 is 0 Å². The van der Waals surface area contributed by atoms with Crippen LogP contribution in [0.15, 0.2) is 28.9 Å². The molecule has 2 rings (SSSR count). The minimum atomic E-state index is -0.238. The summed E-state index contributed by atoms with van der Waals surface area (Å²) in [6.45, 7) is 3.75. The van der Waals surface area contributed by atoms with Crippen molar-refractivity contribution in [3.63, 3.8) is 0 Å². The van der Waals surface area contributed by atoms with Gasteiger partial charge >= 0.3 is 0 Å². The summed E-state index contributed by atoms with van der Waals surface area (Å²) in [5.74, 6) is -0.238. The number of nitrogens with one attached hydrogen (secondary N) is 1. The van der Waals surface area contributed by atoms with Gasteiger partial charge in [0.1, 0.15) is 10.8 Å². The third-order valence-corrected chi connectivity index (χ3v) is 3.79. The van der Waals surface area contributed by atoms with Crippen LogP contribution in [0.3, 0.4) is 0 Å². The Kier molecular flexibility index (Phi) is 4.25. The van der Waals surface area contributed by atoms with E-state index in [2.05, 4.69) is 33.2 Å². The lowest BCUT2D eigenvalue weighted by atomic mass is 10.2. The Labute approximate surface area is 112 Å². The van der Waals surface area contributed by atoms with E-state index < -0.39 is 0 Å². The maximum atomic E-state index is 13.6. The largest absolute Gasteiger partial charge is 0.312 e. The molecule has 0 unspecified atom stereocenters. The van der Waals surface area contributed by atoms with Gasteiger partial charge in [0.25, 0.3) is 0 Å². The number of halogens is 2. The van der Waals surface area contributed by atoms with Gasteiger partial charge < -0.3 is 5.32 Å². The zero-order valence-electron chi connectivity index (χ0n) is 9.34. The highest BCUT2D eigenvalue weighted by molar-refractivity contribution is 9.10. The summed E-state index contributed by atoms with van der Waals surface area (Å²) in [6.07, 6.45) is 1.79. The zero-order chi connectivity index (χ0) is 12.3. The maximum absolute atomic E-state index is 13.6. The fourth-order valence-electron chi connectivity index (χ4n) is 1.42. The van der Waals surface area contributed by atoms with E-state index in [0.717, 1.165) is 27.4 Å². The van der Waals surface area contributed by atoms with Gasteiger partial charge in [0.05, 0.1) is 0 Å². The summed E-state index contributed by atoms with van der Waals surface area (Å²) in [5.41, 5.74) is 0.548. The van der Waals surface area contributed by atoms with E-state index in [1.54, 1.807) is 18.3 Å². The van der Waals surface area contributed by atoms with Gasteiger partial charge in [-0.05, 0) is 24.7 Å². The molecule has 1 heterocycles. The summed E-state index contributed by atoms with van der Waals surface area (Å²) in [4.78, 5) is 5.37. The number of rotatable bonds is 4. The van der Waals surface area contributed by atoms with Gasteiger partial charge in [-0.2, -0.15) is 0 Å². The molecule has 0 fully saturated rings. The molecule has 5 heteroatoms. The molecule has 17 heavy (non-hydrogen) atoms. The highest BCUT2D eigenvalue weighted by Gasteiger charge is 2.10. The molecule has 0 saturated heterocycles. The van der Waals surface area contributed by atoms with Crippen molar-refractivity contribution >= 4 is 27.3 Å². The first-order valence-electron chi connectivity index (χ1n) is 5.31. The highest BCUT2D eigenvalue weighted by Crippen LogP contribution is 2.29. The van der Waals surface area contributed by atoms with Crippen molar-refractivity contribution in [2.45, 2.75) is 13.5 Å². The van der Waals surface area contributed by atoms with Crippen LogP contribution in [0.2, 0.25) is 0 Å². The summed E-state index contributed by atoms with van der Waals surface area (Å²) >= 11 is 4.85. The lowest BCUT2D eigenvalue weighted by Gasteiger charge is -1.99. The molecular formula is C12H12BrFN2S. The van der Waals surface area contributed by atoms with E-state index in [1.165, 1.54) is 17.4 Å². The summed E-state index contributed by atoms with van der Waals surface area (Å²) in [5, 5.41) is 3.94. The second-order valence-electron chi connectivity index (χ2n) is 3.54. The van der Waals surface area contributed by atoms with E-state index in [4.69, 9.17) is 0 Å². The molecule has 90 valence electrons. The van der Waals surface area contributed by atoms with Gasteiger partial charge in [-0.1, -0.05) is 22.9 Å². The predicted molar refractivity (Wildman–Crippen MR) is 72.6 cm³/mol. The second kappa shape index (κ2) is 5.71. The SMILES string of the molecule is CCNCc1cnc(-c2cc(Br)ccc2F)s1. The third kappa shape index (κ3) is 3.12. The standard InChI is InChI=1S/C12H12BrFN2S/c1-2-15-6-9-7-16-12(17-9)10-5-8(13)3-4-11(10)14/h3-5,7,15H,2,6H2,1H3. The lowest BCUT2D eigenvalue weighted by molar-refractivity contribution is 0.631. The Balaban J connectivity index is 2.27. The van der Waals surface area contributed by atoms with Crippen molar-refractivity contribution in [1.82, 2.24) is 10.3 Å². The number of hydrogen-bond donors (Lipinski definition) is 1. The number of thiazole rings is 1. The van der Waals surface area contributed by atoms with E-state index in [-0.39, 0.29) is 5.82 Å². The second-order valence-corrected chi connectivity index (χ2v) is 5.57. The molecule has 0 bridgehead atoms. The van der Waals surface area contributed by atoms with Crippen molar-refractivity contribution in [3.8, 4) is 10.6 Å². The molecule has 1 N–H and O–H groups in total. The fourth-order valence-corrected chi connectivity index (χ4v) is 2.68. The van der Waals surface area contributed by atoms with E-state index in [1.807, 2.05) is 0 Å². The molecule has 0 radical (unpaired) electrons. The predicted octanol–water partition coefficient (Wildman–Crippen LogP) is 3.82. The van der Waals surface area contributed by atoms with Gasteiger partial charge in [0, 0.05) is 27.7 Å². The van der Waals surface area contributed by atoms with Crippen LogP contribution >= 0.6 is 27.3 Å². The molecule has 2 aromatic rings. The van der Waals surface area contributed by atoms with Crippen LogP contribution < -0.4 is 5.32 Å². The summed E-state index contributed by atoms with van der Waals surface area (Å²) in [7, 11) is 0. The number of aromatic nitrogens is 1. The van der Waals surface area contributed by atoms with Crippen LogP contribution in [0.5, 0.6) is 0 Å². The first-order valence-corrected chi connectivity index (χ1v) is 6.92. The Morgan fingerprint density at radius 3 is 3.06 bits per heavy atom. The maximum Gasteiger partial charge on any atom is 0.133 e. The van der Waals surface area contributed by atoms with Gasteiger partial charge in [-0.15, -0.1) is 11.3 Å². The van der Waals surface area contributed by atoms with Gasteiger partial charge in [-0.3, -0.25) is 0 Å². The van der Waals surface area contributed by atoms with Crippen molar-refractivity contribution in [1.29, 1.82) is 0 Å². The van der Waals surface area contributed by atoms with E-state index in [9.17, 15) is 4.39 Å². The van der Waals surface area contributed by atoms with Crippen LogP contribution in [0.4, 0.5) is 4.39 Å². The molecule has 0 saturated carbocycles. The lowest BCUT2D eigenvalue weighted by Crippen LogP contribution is -2.10. The Hall–Kier alpha value is -0.780. The van der Waals surface area contributed by atoms with Crippen LogP contribution in [0.1, 0.15) is 11.8 Å². The van der Waals surface area contributed by atoms with Crippen LogP contribution in [0.25, 0.3) is 10.6 Å². The number of nitrogens with zero attached hydrogens (tertiary/aromatic N) is 1. The Morgan fingerprint density at radius 2 is 2.29 bits per heavy atom. The molecule has 1 aromatic carbocycles. The smallest absolute Gasteiger partial charge is 0.133 e. The molecule has 2 nitrogen and oxygen atoms in total. The minimum Gasteiger partial charge on any atom is -0.312 e. The van der Waals surface area contributed by atoms with Crippen molar-refractivity contribution in [3.05, 3.63) is 39.6 Å². The topological polar surface area (TPSA) is 24.9 Å². The molecule has 0 aliphatic rings. The molecule has 0 spiro atoms. The van der Waals surface area contributed by atoms with Crippen molar-refractivity contribution in [2.75, 3.05) is 6.54 Å².